The maximum absolute atomic E-state index is 5.75. The Kier molecular flexibility index (Phi) is 5.34. The highest BCUT2D eigenvalue weighted by Crippen LogP contribution is 2.27. The Hall–Kier alpha value is -1.87. The fourth-order valence-electron chi connectivity index (χ4n) is 2.42. The summed E-state index contributed by atoms with van der Waals surface area (Å²) in [4.78, 5) is 2.80. The molecular weight excluding hydrogens is 276 g/mol. The molecule has 110 valence electrons. The second-order valence-corrected chi connectivity index (χ2v) is 5.64. The van der Waals surface area contributed by atoms with Crippen LogP contribution < -0.4 is 10.6 Å². The van der Waals surface area contributed by atoms with Crippen LogP contribution in [0.3, 0.4) is 0 Å². The van der Waals surface area contributed by atoms with Crippen molar-refractivity contribution >= 4 is 28.6 Å². The first-order chi connectivity index (χ1) is 10.1. The minimum Gasteiger partial charge on any atom is -0.389 e. The molecule has 21 heavy (non-hydrogen) atoms. The number of benzene rings is 2. The van der Waals surface area contributed by atoms with Crippen LogP contribution in [0.5, 0.6) is 0 Å². The number of para-hydroxylation sites is 1. The largest absolute Gasteiger partial charge is 0.389 e. The van der Waals surface area contributed by atoms with Gasteiger partial charge in [-0.25, -0.2) is 0 Å². The van der Waals surface area contributed by atoms with Gasteiger partial charge in [0.2, 0.25) is 0 Å². The summed E-state index contributed by atoms with van der Waals surface area (Å²) in [5, 5.41) is 0. The molecule has 2 aromatic carbocycles. The van der Waals surface area contributed by atoms with Gasteiger partial charge in [0.15, 0.2) is 0 Å². The van der Waals surface area contributed by atoms with Crippen LogP contribution in [-0.2, 0) is 0 Å². The highest BCUT2D eigenvalue weighted by Gasteiger charge is 2.10. The van der Waals surface area contributed by atoms with Crippen LogP contribution in [0, 0.1) is 6.92 Å². The lowest BCUT2D eigenvalue weighted by molar-refractivity contribution is 0.785. The summed E-state index contributed by atoms with van der Waals surface area (Å²) in [7, 11) is 0. The van der Waals surface area contributed by atoms with Crippen LogP contribution in [0.2, 0.25) is 0 Å². The van der Waals surface area contributed by atoms with Crippen molar-refractivity contribution in [3.8, 4) is 0 Å². The fraction of sp³-hybridized carbons (Fsp3) is 0.278. The summed E-state index contributed by atoms with van der Waals surface area (Å²) in [6, 6.07) is 16.8. The highest BCUT2D eigenvalue weighted by molar-refractivity contribution is 7.80. The average molecular weight is 298 g/mol. The molecule has 0 heterocycles. The zero-order chi connectivity index (χ0) is 15.2. The van der Waals surface area contributed by atoms with Gasteiger partial charge in [0.25, 0.3) is 0 Å². The lowest BCUT2D eigenvalue weighted by Crippen LogP contribution is -2.19. The van der Waals surface area contributed by atoms with Crippen LogP contribution in [0.4, 0.5) is 11.4 Å². The molecule has 0 aliphatic heterocycles. The molecule has 2 rings (SSSR count). The highest BCUT2D eigenvalue weighted by atomic mass is 32.1. The second kappa shape index (κ2) is 7.23. The van der Waals surface area contributed by atoms with Gasteiger partial charge in [-0.3, -0.25) is 0 Å². The molecule has 0 aromatic heterocycles. The lowest BCUT2D eigenvalue weighted by atomic mass is 10.1. The van der Waals surface area contributed by atoms with Crippen molar-refractivity contribution in [1.82, 2.24) is 0 Å². The lowest BCUT2D eigenvalue weighted by Gasteiger charge is -2.25. The third-order valence-electron chi connectivity index (χ3n) is 3.59. The van der Waals surface area contributed by atoms with Gasteiger partial charge in [-0.15, -0.1) is 0 Å². The van der Waals surface area contributed by atoms with Gasteiger partial charge >= 0.3 is 0 Å². The van der Waals surface area contributed by atoms with Crippen molar-refractivity contribution in [2.24, 2.45) is 5.73 Å². The van der Waals surface area contributed by atoms with Crippen molar-refractivity contribution in [2.45, 2.75) is 26.7 Å². The van der Waals surface area contributed by atoms with Crippen LogP contribution in [0.15, 0.2) is 48.5 Å². The molecular formula is C18H22N2S. The Bertz CT molecular complexity index is 608. The van der Waals surface area contributed by atoms with Crippen molar-refractivity contribution in [3.05, 3.63) is 59.7 Å². The molecule has 2 N–H and O–H groups in total. The van der Waals surface area contributed by atoms with Gasteiger partial charge in [-0.1, -0.05) is 43.8 Å². The number of aryl methyl sites for hydroxylation is 1. The quantitative estimate of drug-likeness (QED) is 0.792. The van der Waals surface area contributed by atoms with Crippen molar-refractivity contribution in [2.75, 3.05) is 11.4 Å². The van der Waals surface area contributed by atoms with E-state index in [2.05, 4.69) is 55.1 Å². The monoisotopic (exact) mass is 298 g/mol. The summed E-state index contributed by atoms with van der Waals surface area (Å²) < 4.78 is 0. The molecule has 0 amide bonds. The normalized spacial score (nSPS) is 10.4. The minimum atomic E-state index is 0.457. The number of nitrogens with two attached hydrogens (primary N) is 1. The average Bonchev–Trinajstić information content (AvgIpc) is 2.48. The van der Waals surface area contributed by atoms with Crippen molar-refractivity contribution < 1.29 is 0 Å². The number of hydrogen-bond donors (Lipinski definition) is 1. The zero-order valence-electron chi connectivity index (χ0n) is 12.7. The molecule has 0 bridgehead atoms. The van der Waals surface area contributed by atoms with Gasteiger partial charge in [0, 0.05) is 23.5 Å². The van der Waals surface area contributed by atoms with E-state index in [1.54, 1.807) is 0 Å². The van der Waals surface area contributed by atoms with Crippen molar-refractivity contribution in [1.29, 1.82) is 0 Å². The third-order valence-corrected chi connectivity index (χ3v) is 3.81. The van der Waals surface area contributed by atoms with E-state index in [1.165, 1.54) is 17.8 Å². The smallest absolute Gasteiger partial charge is 0.104 e. The Morgan fingerprint density at radius 3 is 2.38 bits per heavy atom. The number of rotatable bonds is 6. The molecule has 0 atom stereocenters. The molecule has 0 aliphatic rings. The van der Waals surface area contributed by atoms with E-state index in [0.717, 1.165) is 24.1 Å². The number of thiocarbonyl (C=S) groups is 1. The Labute approximate surface area is 132 Å². The summed E-state index contributed by atoms with van der Waals surface area (Å²) >= 11 is 5.09. The number of anilines is 2. The maximum atomic E-state index is 5.75. The molecule has 0 saturated heterocycles. The van der Waals surface area contributed by atoms with Gasteiger partial charge in [-0.2, -0.15) is 0 Å². The predicted molar refractivity (Wildman–Crippen MR) is 95.4 cm³/mol. The SMILES string of the molecule is CCCCN(c1ccccc1)c1ccc(C(N)=S)c(C)c1. The Balaban J connectivity index is 2.37. The van der Waals surface area contributed by atoms with Crippen LogP contribution in [-0.4, -0.2) is 11.5 Å². The molecule has 2 aromatic rings. The molecule has 0 saturated carbocycles. The maximum Gasteiger partial charge on any atom is 0.104 e. The van der Waals surface area contributed by atoms with E-state index >= 15 is 0 Å². The molecule has 0 radical (unpaired) electrons. The molecule has 3 heteroatoms. The van der Waals surface area contributed by atoms with Crippen molar-refractivity contribution in [3.63, 3.8) is 0 Å². The van der Waals surface area contributed by atoms with E-state index < -0.39 is 0 Å². The summed E-state index contributed by atoms with van der Waals surface area (Å²) in [6.45, 7) is 5.28. The Morgan fingerprint density at radius 2 is 1.81 bits per heavy atom. The van der Waals surface area contributed by atoms with E-state index in [-0.39, 0.29) is 0 Å². The predicted octanol–water partition coefficient (Wildman–Crippen LogP) is 4.57. The zero-order valence-corrected chi connectivity index (χ0v) is 13.5. The molecule has 0 aliphatic carbocycles. The molecule has 0 spiro atoms. The van der Waals surface area contributed by atoms with Crippen LogP contribution in [0.1, 0.15) is 30.9 Å². The minimum absolute atomic E-state index is 0.457. The Morgan fingerprint density at radius 1 is 1.10 bits per heavy atom. The summed E-state index contributed by atoms with van der Waals surface area (Å²) in [5.41, 5.74) is 10.2. The molecule has 0 unspecified atom stereocenters. The first-order valence-corrected chi connectivity index (χ1v) is 7.77. The van der Waals surface area contributed by atoms with Crippen LogP contribution in [0.25, 0.3) is 0 Å². The third kappa shape index (κ3) is 3.82. The van der Waals surface area contributed by atoms with E-state index in [4.69, 9.17) is 18.0 Å². The first-order valence-electron chi connectivity index (χ1n) is 7.36. The summed E-state index contributed by atoms with van der Waals surface area (Å²) in [5.74, 6) is 0. The molecule has 2 nitrogen and oxygen atoms in total. The number of unbranched alkanes of at least 4 members (excludes halogenated alkanes) is 1. The topological polar surface area (TPSA) is 29.3 Å². The number of nitrogens with zero attached hydrogens (tertiary/aromatic N) is 1. The standard InChI is InChI=1S/C18H22N2S/c1-3-4-12-20(15-8-6-5-7-9-15)16-10-11-17(18(19)21)14(2)13-16/h5-11,13H,3-4,12H2,1-2H3,(H2,19,21). The van der Waals surface area contributed by atoms with E-state index in [0.29, 0.717) is 4.99 Å². The first kappa shape index (κ1) is 15.5. The van der Waals surface area contributed by atoms with Crippen LogP contribution >= 0.6 is 12.2 Å². The van der Waals surface area contributed by atoms with Gasteiger partial charge in [0.1, 0.15) is 4.99 Å². The summed E-state index contributed by atoms with van der Waals surface area (Å²) in [6.07, 6.45) is 2.33. The molecule has 0 fully saturated rings. The van der Waals surface area contributed by atoms with E-state index in [1.807, 2.05) is 12.1 Å². The van der Waals surface area contributed by atoms with E-state index in [9.17, 15) is 0 Å². The van der Waals surface area contributed by atoms with Gasteiger partial charge in [-0.05, 0) is 49.2 Å². The number of hydrogen-bond acceptors (Lipinski definition) is 2. The fourth-order valence-corrected chi connectivity index (χ4v) is 2.65. The van der Waals surface area contributed by atoms with Gasteiger partial charge < -0.3 is 10.6 Å². The second-order valence-electron chi connectivity index (χ2n) is 5.20. The van der Waals surface area contributed by atoms with Gasteiger partial charge in [0.05, 0.1) is 0 Å².